The van der Waals surface area contributed by atoms with Gasteiger partial charge in [-0.05, 0) is 55.0 Å². The Morgan fingerprint density at radius 3 is 2.47 bits per heavy atom. The molecular weight excluding hydrogens is 475 g/mol. The van der Waals surface area contributed by atoms with E-state index in [1.165, 1.54) is 0 Å². The topological polar surface area (TPSA) is 105 Å². The van der Waals surface area contributed by atoms with Crippen molar-refractivity contribution in [1.82, 2.24) is 5.32 Å². The molecule has 0 spiro atoms. The van der Waals surface area contributed by atoms with Crippen LogP contribution in [0.25, 0.3) is 10.8 Å². The van der Waals surface area contributed by atoms with E-state index in [4.69, 9.17) is 33.7 Å². The van der Waals surface area contributed by atoms with Gasteiger partial charge in [0.15, 0.2) is 0 Å². The Morgan fingerprint density at radius 1 is 1.03 bits per heavy atom. The summed E-state index contributed by atoms with van der Waals surface area (Å²) in [5.74, 6) is -0.490. The van der Waals surface area contributed by atoms with Gasteiger partial charge in [-0.2, -0.15) is 0 Å². The number of hydrogen-bond acceptors (Lipinski definition) is 5. The lowest BCUT2D eigenvalue weighted by Gasteiger charge is -2.15. The fourth-order valence-electron chi connectivity index (χ4n) is 3.82. The van der Waals surface area contributed by atoms with Crippen molar-refractivity contribution in [2.75, 3.05) is 25.4 Å². The molecule has 0 aliphatic heterocycles. The predicted octanol–water partition coefficient (Wildman–Crippen LogP) is 5.69. The summed E-state index contributed by atoms with van der Waals surface area (Å²) in [7, 11) is 0. The number of carboxylic acid groups (broad SMARTS) is 1. The first-order valence-corrected chi connectivity index (χ1v) is 12.1. The molecule has 0 saturated carbocycles. The van der Waals surface area contributed by atoms with Crippen LogP contribution >= 0.6 is 23.2 Å². The molecule has 2 unspecified atom stereocenters. The zero-order valence-electron chi connectivity index (χ0n) is 18.8. The molecule has 0 fully saturated rings. The Hall–Kier alpha value is -2.51. The van der Waals surface area contributed by atoms with E-state index >= 15 is 0 Å². The van der Waals surface area contributed by atoms with E-state index < -0.39 is 18.0 Å². The summed E-state index contributed by atoms with van der Waals surface area (Å²) in [6.45, 7) is 1.34. The molecule has 0 aliphatic carbocycles. The average Bonchev–Trinajstić information content (AvgIpc) is 2.82. The normalized spacial score (nSPS) is 13.0. The lowest BCUT2D eigenvalue weighted by atomic mass is 9.99. The second kappa shape index (κ2) is 12.8. The standard InChI is InChI=1S/C26H30Cl2N2O4/c27-21-14-19(15-22(28)25(21)29)23(31)16-30-12-4-3-7-18(26(32)33)11-13-34-24-10-5-8-17-6-1-2-9-20(17)24/h1-2,5-6,8-10,14-15,18,23,30-31H,3-4,7,11-13,16,29H2,(H,32,33). The molecule has 0 aliphatic rings. The van der Waals surface area contributed by atoms with Gasteiger partial charge in [0.1, 0.15) is 5.75 Å². The highest BCUT2D eigenvalue weighted by atomic mass is 35.5. The molecule has 0 heterocycles. The van der Waals surface area contributed by atoms with Crippen molar-refractivity contribution in [3.8, 4) is 5.75 Å². The predicted molar refractivity (Wildman–Crippen MR) is 138 cm³/mol. The highest BCUT2D eigenvalue weighted by Gasteiger charge is 2.17. The lowest BCUT2D eigenvalue weighted by molar-refractivity contribution is -0.142. The van der Waals surface area contributed by atoms with Gasteiger partial charge in [0.2, 0.25) is 0 Å². The number of hydrogen-bond donors (Lipinski definition) is 4. The molecule has 3 aromatic carbocycles. The molecule has 0 bridgehead atoms. The molecule has 34 heavy (non-hydrogen) atoms. The third kappa shape index (κ3) is 7.24. The van der Waals surface area contributed by atoms with Crippen LogP contribution in [-0.2, 0) is 4.79 Å². The highest BCUT2D eigenvalue weighted by Crippen LogP contribution is 2.31. The third-order valence-electron chi connectivity index (χ3n) is 5.80. The molecule has 182 valence electrons. The summed E-state index contributed by atoms with van der Waals surface area (Å²) in [5.41, 5.74) is 6.61. The minimum atomic E-state index is -0.804. The summed E-state index contributed by atoms with van der Waals surface area (Å²) in [6, 6.07) is 17.0. The van der Waals surface area contributed by atoms with E-state index in [-0.39, 0.29) is 0 Å². The number of rotatable bonds is 13. The van der Waals surface area contributed by atoms with E-state index in [0.717, 1.165) is 29.4 Å². The van der Waals surface area contributed by atoms with Gasteiger partial charge >= 0.3 is 5.97 Å². The van der Waals surface area contributed by atoms with Gasteiger partial charge < -0.3 is 26.0 Å². The fourth-order valence-corrected chi connectivity index (χ4v) is 4.32. The number of aliphatic hydroxyl groups is 1. The Balaban J connectivity index is 1.36. The monoisotopic (exact) mass is 504 g/mol. The quantitative estimate of drug-likeness (QED) is 0.176. The van der Waals surface area contributed by atoms with Crippen LogP contribution in [0.2, 0.25) is 10.0 Å². The molecule has 0 radical (unpaired) electrons. The SMILES string of the molecule is Nc1c(Cl)cc(C(O)CNCCCCC(CCOc2cccc3ccccc23)C(=O)O)cc1Cl. The van der Waals surface area contributed by atoms with E-state index in [9.17, 15) is 15.0 Å². The Morgan fingerprint density at radius 2 is 1.74 bits per heavy atom. The van der Waals surface area contributed by atoms with Crippen molar-refractivity contribution in [2.24, 2.45) is 5.92 Å². The number of unbranched alkanes of at least 4 members (excludes halogenated alkanes) is 1. The second-order valence-electron chi connectivity index (χ2n) is 8.26. The number of nitrogens with two attached hydrogens (primary N) is 1. The van der Waals surface area contributed by atoms with Crippen molar-refractivity contribution >= 4 is 45.6 Å². The summed E-state index contributed by atoms with van der Waals surface area (Å²) < 4.78 is 5.91. The molecule has 2 atom stereocenters. The summed E-state index contributed by atoms with van der Waals surface area (Å²) >= 11 is 12.0. The van der Waals surface area contributed by atoms with Crippen LogP contribution in [0.5, 0.6) is 5.75 Å². The molecule has 5 N–H and O–H groups in total. The van der Waals surface area contributed by atoms with Crippen LogP contribution in [0.4, 0.5) is 5.69 Å². The van der Waals surface area contributed by atoms with E-state index in [1.54, 1.807) is 12.1 Å². The first-order valence-electron chi connectivity index (χ1n) is 11.3. The molecule has 8 heteroatoms. The lowest BCUT2D eigenvalue weighted by Crippen LogP contribution is -2.23. The molecule has 3 aromatic rings. The minimum Gasteiger partial charge on any atom is -0.493 e. The smallest absolute Gasteiger partial charge is 0.306 e. The minimum absolute atomic E-state index is 0.294. The average molecular weight is 505 g/mol. The fraction of sp³-hybridized carbons (Fsp3) is 0.346. The zero-order valence-corrected chi connectivity index (χ0v) is 20.4. The number of carboxylic acids is 1. The van der Waals surface area contributed by atoms with Crippen molar-refractivity contribution in [3.63, 3.8) is 0 Å². The maximum atomic E-state index is 11.7. The number of fused-ring (bicyclic) bond motifs is 1. The van der Waals surface area contributed by atoms with E-state index in [0.29, 0.717) is 53.8 Å². The van der Waals surface area contributed by atoms with Crippen LogP contribution in [0, 0.1) is 5.92 Å². The maximum Gasteiger partial charge on any atom is 0.306 e. The zero-order chi connectivity index (χ0) is 24.5. The number of ether oxygens (including phenoxy) is 1. The number of nitrogens with one attached hydrogen (secondary N) is 1. The van der Waals surface area contributed by atoms with Gasteiger partial charge in [-0.25, -0.2) is 0 Å². The van der Waals surface area contributed by atoms with Crippen LogP contribution in [0.3, 0.4) is 0 Å². The number of carbonyl (C=O) groups is 1. The number of benzene rings is 3. The van der Waals surface area contributed by atoms with Crippen LogP contribution in [0.1, 0.15) is 37.4 Å². The maximum absolute atomic E-state index is 11.7. The summed E-state index contributed by atoms with van der Waals surface area (Å²) in [4.78, 5) is 11.7. The van der Waals surface area contributed by atoms with Crippen molar-refractivity contribution in [2.45, 2.75) is 31.8 Å². The van der Waals surface area contributed by atoms with Gasteiger partial charge in [0.05, 0.1) is 34.4 Å². The Labute approximate surface area is 209 Å². The van der Waals surface area contributed by atoms with Gasteiger partial charge in [0.25, 0.3) is 0 Å². The molecule has 0 saturated heterocycles. The number of nitrogen functional groups attached to an aromatic ring is 1. The first kappa shape index (κ1) is 26.1. The number of aliphatic hydroxyl groups excluding tert-OH is 1. The summed E-state index contributed by atoms with van der Waals surface area (Å²) in [5, 5.41) is 25.8. The third-order valence-corrected chi connectivity index (χ3v) is 6.43. The number of anilines is 1. The molecule has 6 nitrogen and oxygen atoms in total. The van der Waals surface area contributed by atoms with E-state index in [1.807, 2.05) is 42.5 Å². The van der Waals surface area contributed by atoms with Gasteiger partial charge in [-0.1, -0.05) is 66.0 Å². The molecule has 3 rings (SSSR count). The number of halogens is 2. The molecular formula is C26H30Cl2N2O4. The van der Waals surface area contributed by atoms with Crippen molar-refractivity contribution < 1.29 is 19.7 Å². The van der Waals surface area contributed by atoms with Gasteiger partial charge in [0, 0.05) is 11.9 Å². The van der Waals surface area contributed by atoms with Crippen LogP contribution in [-0.4, -0.2) is 35.9 Å². The highest BCUT2D eigenvalue weighted by molar-refractivity contribution is 6.38. The largest absolute Gasteiger partial charge is 0.493 e. The second-order valence-corrected chi connectivity index (χ2v) is 9.08. The summed E-state index contributed by atoms with van der Waals surface area (Å²) in [6.07, 6.45) is 1.80. The van der Waals surface area contributed by atoms with Gasteiger partial charge in [-0.3, -0.25) is 4.79 Å². The van der Waals surface area contributed by atoms with Crippen molar-refractivity contribution in [1.29, 1.82) is 0 Å². The van der Waals surface area contributed by atoms with Crippen LogP contribution in [0.15, 0.2) is 54.6 Å². The number of aliphatic carboxylic acids is 1. The first-order chi connectivity index (χ1) is 16.4. The van der Waals surface area contributed by atoms with E-state index in [2.05, 4.69) is 5.32 Å². The Kier molecular flexibility index (Phi) is 9.84. The van der Waals surface area contributed by atoms with Crippen LogP contribution < -0.4 is 15.8 Å². The van der Waals surface area contributed by atoms with Gasteiger partial charge in [-0.15, -0.1) is 0 Å². The molecule has 0 amide bonds. The van der Waals surface area contributed by atoms with Crippen molar-refractivity contribution in [3.05, 3.63) is 70.2 Å². The Bertz CT molecular complexity index is 1080. The molecule has 0 aromatic heterocycles.